The molecular weight excluding hydrogens is 324 g/mol. The second-order valence-corrected chi connectivity index (χ2v) is 7.00. The molecule has 3 heterocycles. The van der Waals surface area contributed by atoms with Crippen LogP contribution in [0.25, 0.3) is 0 Å². The van der Waals surface area contributed by atoms with Crippen LogP contribution in [0.1, 0.15) is 35.8 Å². The molecule has 0 unspecified atom stereocenters. The summed E-state index contributed by atoms with van der Waals surface area (Å²) < 4.78 is 4.99. The van der Waals surface area contributed by atoms with Gasteiger partial charge in [0.15, 0.2) is 5.13 Å². The fraction of sp³-hybridized carbons (Fsp3) is 0.471. The number of likely N-dealkylation sites (tertiary alicyclic amines) is 1. The fourth-order valence-corrected chi connectivity index (χ4v) is 3.39. The number of ether oxygens (including phenoxy) is 1. The molecule has 7 heteroatoms. The van der Waals surface area contributed by atoms with E-state index in [4.69, 9.17) is 4.74 Å². The highest BCUT2D eigenvalue weighted by molar-refractivity contribution is 7.13. The Bertz CT molecular complexity index is 678. The minimum atomic E-state index is -0.210. The van der Waals surface area contributed by atoms with E-state index in [-0.39, 0.29) is 5.91 Å². The average Bonchev–Trinajstić information content (AvgIpc) is 3.04. The zero-order valence-corrected chi connectivity index (χ0v) is 14.8. The zero-order chi connectivity index (χ0) is 16.9. The van der Waals surface area contributed by atoms with Gasteiger partial charge in [0.05, 0.1) is 18.4 Å². The number of thiazole rings is 1. The van der Waals surface area contributed by atoms with E-state index in [1.807, 2.05) is 5.38 Å². The van der Waals surface area contributed by atoms with Crippen LogP contribution in [0.2, 0.25) is 0 Å². The maximum Gasteiger partial charge on any atom is 0.259 e. The topological polar surface area (TPSA) is 67.3 Å². The first-order valence-electron chi connectivity index (χ1n) is 8.12. The number of carbonyl (C=O) groups is 1. The van der Waals surface area contributed by atoms with Crippen LogP contribution in [0.15, 0.2) is 23.7 Å². The Kier molecular flexibility index (Phi) is 5.42. The summed E-state index contributed by atoms with van der Waals surface area (Å²) in [7, 11) is 1.54. The van der Waals surface area contributed by atoms with Crippen molar-refractivity contribution in [1.82, 2.24) is 14.9 Å². The Labute approximate surface area is 145 Å². The molecule has 0 aliphatic carbocycles. The van der Waals surface area contributed by atoms with Gasteiger partial charge in [0, 0.05) is 24.2 Å². The molecule has 0 atom stereocenters. The van der Waals surface area contributed by atoms with E-state index in [0.717, 1.165) is 31.2 Å². The van der Waals surface area contributed by atoms with Crippen LogP contribution >= 0.6 is 11.3 Å². The molecule has 1 saturated heterocycles. The summed E-state index contributed by atoms with van der Waals surface area (Å²) in [6, 6.07) is 3.35. The molecule has 24 heavy (non-hydrogen) atoms. The molecule has 0 aromatic carbocycles. The molecule has 1 amide bonds. The Hall–Kier alpha value is -1.99. The first-order valence-corrected chi connectivity index (χ1v) is 9.00. The van der Waals surface area contributed by atoms with E-state index in [9.17, 15) is 4.79 Å². The number of amides is 1. The van der Waals surface area contributed by atoms with Gasteiger partial charge in [-0.2, -0.15) is 0 Å². The molecule has 1 aliphatic rings. The number of hydrogen-bond acceptors (Lipinski definition) is 6. The minimum absolute atomic E-state index is 0.210. The second-order valence-electron chi connectivity index (χ2n) is 6.15. The molecule has 1 fully saturated rings. The number of rotatable bonds is 5. The summed E-state index contributed by atoms with van der Waals surface area (Å²) in [5.41, 5.74) is 1.50. The third-order valence-corrected chi connectivity index (χ3v) is 5.05. The normalized spacial score (nSPS) is 16.1. The lowest BCUT2D eigenvalue weighted by Gasteiger charge is -2.29. The molecule has 0 bridgehead atoms. The van der Waals surface area contributed by atoms with Gasteiger partial charge < -0.3 is 4.74 Å². The number of piperidine rings is 1. The minimum Gasteiger partial charge on any atom is -0.481 e. The zero-order valence-electron chi connectivity index (χ0n) is 14.0. The van der Waals surface area contributed by atoms with Crippen molar-refractivity contribution in [3.05, 3.63) is 35.0 Å². The number of nitrogens with one attached hydrogen (secondary N) is 1. The Morgan fingerprint density at radius 1 is 1.42 bits per heavy atom. The van der Waals surface area contributed by atoms with Crippen molar-refractivity contribution in [2.45, 2.75) is 26.3 Å². The number of hydrogen-bond donors (Lipinski definition) is 1. The molecule has 6 nitrogen and oxygen atoms in total. The van der Waals surface area contributed by atoms with Gasteiger partial charge in [-0.15, -0.1) is 11.3 Å². The van der Waals surface area contributed by atoms with Crippen molar-refractivity contribution in [3.63, 3.8) is 0 Å². The summed E-state index contributed by atoms with van der Waals surface area (Å²) in [5, 5.41) is 5.46. The van der Waals surface area contributed by atoms with Gasteiger partial charge in [0.2, 0.25) is 5.88 Å². The maximum atomic E-state index is 12.2. The Morgan fingerprint density at radius 2 is 2.21 bits per heavy atom. The van der Waals surface area contributed by atoms with E-state index in [0.29, 0.717) is 16.6 Å². The first-order chi connectivity index (χ1) is 11.6. The Morgan fingerprint density at radius 3 is 2.88 bits per heavy atom. The quantitative estimate of drug-likeness (QED) is 0.901. The summed E-state index contributed by atoms with van der Waals surface area (Å²) in [6.45, 7) is 5.40. The van der Waals surface area contributed by atoms with Crippen LogP contribution in [0.3, 0.4) is 0 Å². The summed E-state index contributed by atoms with van der Waals surface area (Å²) in [6.07, 6.45) is 3.99. The number of aromatic nitrogens is 2. The van der Waals surface area contributed by atoms with Gasteiger partial charge in [-0.1, -0.05) is 6.92 Å². The first kappa shape index (κ1) is 16.9. The van der Waals surface area contributed by atoms with Crippen molar-refractivity contribution < 1.29 is 9.53 Å². The van der Waals surface area contributed by atoms with Gasteiger partial charge in [-0.05, 0) is 37.9 Å². The predicted octanol–water partition coefficient (Wildman–Crippen LogP) is 3.03. The lowest BCUT2D eigenvalue weighted by atomic mass is 9.99. The van der Waals surface area contributed by atoms with Crippen LogP contribution in [0, 0.1) is 5.92 Å². The van der Waals surface area contributed by atoms with E-state index in [2.05, 4.69) is 27.1 Å². The molecule has 2 aromatic heterocycles. The van der Waals surface area contributed by atoms with Gasteiger partial charge in [-0.25, -0.2) is 9.97 Å². The van der Waals surface area contributed by atoms with Gasteiger partial charge in [0.1, 0.15) is 0 Å². The van der Waals surface area contributed by atoms with Crippen molar-refractivity contribution >= 4 is 22.4 Å². The summed E-state index contributed by atoms with van der Waals surface area (Å²) in [5.74, 6) is 1.10. The predicted molar refractivity (Wildman–Crippen MR) is 94.5 cm³/mol. The van der Waals surface area contributed by atoms with Crippen LogP contribution in [-0.4, -0.2) is 41.0 Å². The number of carbonyl (C=O) groups excluding carboxylic acids is 1. The molecule has 2 aromatic rings. The number of methoxy groups -OCH3 is 1. The lowest BCUT2D eigenvalue weighted by molar-refractivity contribution is 0.102. The van der Waals surface area contributed by atoms with E-state index >= 15 is 0 Å². The molecule has 1 aliphatic heterocycles. The van der Waals surface area contributed by atoms with Crippen LogP contribution in [0.4, 0.5) is 5.13 Å². The SMILES string of the molecule is COc1ccc(C(=O)Nc2nc(CN3CCC(C)CC3)cs2)cn1. The van der Waals surface area contributed by atoms with Crippen LogP contribution in [0.5, 0.6) is 5.88 Å². The molecule has 3 rings (SSSR count). The molecular formula is C17H22N4O2S. The monoisotopic (exact) mass is 346 g/mol. The molecule has 1 N–H and O–H groups in total. The molecule has 0 spiro atoms. The smallest absolute Gasteiger partial charge is 0.259 e. The van der Waals surface area contributed by atoms with Crippen molar-refractivity contribution in [3.8, 4) is 5.88 Å². The third-order valence-electron chi connectivity index (χ3n) is 4.24. The highest BCUT2D eigenvalue weighted by atomic mass is 32.1. The summed E-state index contributed by atoms with van der Waals surface area (Å²) in [4.78, 5) is 23.2. The van der Waals surface area contributed by atoms with Crippen LogP contribution in [-0.2, 0) is 6.54 Å². The highest BCUT2D eigenvalue weighted by Gasteiger charge is 2.17. The van der Waals surface area contributed by atoms with Crippen LogP contribution < -0.4 is 10.1 Å². The van der Waals surface area contributed by atoms with Gasteiger partial charge in [-0.3, -0.25) is 15.0 Å². The number of anilines is 1. The number of nitrogens with zero attached hydrogens (tertiary/aromatic N) is 3. The van der Waals surface area contributed by atoms with Crippen molar-refractivity contribution in [2.75, 3.05) is 25.5 Å². The highest BCUT2D eigenvalue weighted by Crippen LogP contribution is 2.21. The molecule has 0 radical (unpaired) electrons. The van der Waals surface area contributed by atoms with E-state index in [1.165, 1.54) is 30.4 Å². The number of pyridine rings is 1. The largest absolute Gasteiger partial charge is 0.481 e. The average molecular weight is 346 g/mol. The molecule has 0 saturated carbocycles. The third kappa shape index (κ3) is 4.30. The second kappa shape index (κ2) is 7.72. The van der Waals surface area contributed by atoms with Crippen molar-refractivity contribution in [1.29, 1.82) is 0 Å². The molecule has 128 valence electrons. The van der Waals surface area contributed by atoms with Gasteiger partial charge in [0.25, 0.3) is 5.91 Å². The summed E-state index contributed by atoms with van der Waals surface area (Å²) >= 11 is 1.45. The standard InChI is InChI=1S/C17H22N4O2S/c1-12-5-7-21(8-6-12)10-14-11-24-17(19-14)20-16(22)13-3-4-15(23-2)18-9-13/h3-4,9,11-12H,5-8,10H2,1-2H3,(H,19,20,22). The Balaban J connectivity index is 1.56. The van der Waals surface area contributed by atoms with Crippen molar-refractivity contribution in [2.24, 2.45) is 5.92 Å². The van der Waals surface area contributed by atoms with E-state index in [1.54, 1.807) is 19.2 Å². The van der Waals surface area contributed by atoms with Gasteiger partial charge >= 0.3 is 0 Å². The fourth-order valence-electron chi connectivity index (χ4n) is 2.69. The lowest BCUT2D eigenvalue weighted by Crippen LogP contribution is -2.32. The van der Waals surface area contributed by atoms with E-state index < -0.39 is 0 Å². The maximum absolute atomic E-state index is 12.2.